The van der Waals surface area contributed by atoms with Gasteiger partial charge >= 0.3 is 0 Å². The Morgan fingerprint density at radius 1 is 1.47 bits per heavy atom. The van der Waals surface area contributed by atoms with Crippen molar-refractivity contribution in [2.45, 2.75) is 44.3 Å². The molecule has 0 aliphatic heterocycles. The molecule has 5 heteroatoms. The second-order valence-electron chi connectivity index (χ2n) is 4.33. The van der Waals surface area contributed by atoms with Gasteiger partial charge in [-0.2, -0.15) is 11.8 Å². The fourth-order valence-corrected chi connectivity index (χ4v) is 3.31. The lowest BCUT2D eigenvalue weighted by molar-refractivity contribution is 0.680. The van der Waals surface area contributed by atoms with Crippen LogP contribution in [0.3, 0.4) is 0 Å². The van der Waals surface area contributed by atoms with Gasteiger partial charge in [-0.3, -0.25) is 4.79 Å². The summed E-state index contributed by atoms with van der Waals surface area (Å²) in [6.45, 7) is 2.11. The smallest absolute Gasteiger partial charge is 0.265 e. The third kappa shape index (κ3) is 3.13. The molecule has 1 saturated carbocycles. The van der Waals surface area contributed by atoms with Gasteiger partial charge in [0.25, 0.3) is 5.56 Å². The van der Waals surface area contributed by atoms with Crippen LogP contribution >= 0.6 is 27.7 Å². The average Bonchev–Trinajstić information content (AvgIpc) is 2.84. The van der Waals surface area contributed by atoms with Crippen LogP contribution in [-0.2, 0) is 5.75 Å². The van der Waals surface area contributed by atoms with Gasteiger partial charge in [-0.05, 0) is 34.5 Å². The van der Waals surface area contributed by atoms with Crippen LogP contribution in [0.4, 0.5) is 0 Å². The summed E-state index contributed by atoms with van der Waals surface area (Å²) in [7, 11) is 0. The number of H-pyrrole nitrogens is 1. The molecule has 0 amide bonds. The van der Waals surface area contributed by atoms with Gasteiger partial charge in [0.1, 0.15) is 10.3 Å². The summed E-state index contributed by atoms with van der Waals surface area (Å²) in [4.78, 5) is 19.3. The Hall–Kier alpha value is -0.290. The molecule has 0 atom stereocenters. The van der Waals surface area contributed by atoms with Gasteiger partial charge in [-0.15, -0.1) is 0 Å². The number of rotatable bonds is 4. The Morgan fingerprint density at radius 3 is 2.82 bits per heavy atom. The molecular weight excluding hydrogens is 300 g/mol. The topological polar surface area (TPSA) is 45.8 Å². The lowest BCUT2D eigenvalue weighted by atomic mass is 10.0. The van der Waals surface area contributed by atoms with Crippen LogP contribution < -0.4 is 5.56 Å². The molecule has 0 aromatic carbocycles. The zero-order valence-corrected chi connectivity index (χ0v) is 12.4. The van der Waals surface area contributed by atoms with E-state index in [1.807, 2.05) is 0 Å². The van der Waals surface area contributed by atoms with E-state index in [4.69, 9.17) is 0 Å². The highest BCUT2D eigenvalue weighted by Gasteiger charge is 2.22. The van der Waals surface area contributed by atoms with Crippen molar-refractivity contribution in [1.82, 2.24) is 9.97 Å². The van der Waals surface area contributed by atoms with Gasteiger partial charge in [0, 0.05) is 5.92 Å². The maximum Gasteiger partial charge on any atom is 0.265 e. The summed E-state index contributed by atoms with van der Waals surface area (Å²) >= 11 is 5.16. The van der Waals surface area contributed by atoms with E-state index >= 15 is 0 Å². The minimum Gasteiger partial charge on any atom is -0.309 e. The lowest BCUT2D eigenvalue weighted by Crippen LogP contribution is -2.16. The number of aromatic nitrogens is 2. The van der Waals surface area contributed by atoms with Crippen LogP contribution in [-0.4, -0.2) is 15.7 Å². The molecule has 0 bridgehead atoms. The first-order valence-corrected chi connectivity index (χ1v) is 8.03. The second-order valence-corrected chi connectivity index (χ2v) is 6.40. The van der Waals surface area contributed by atoms with Crippen molar-refractivity contribution in [2.75, 3.05) is 5.75 Å². The van der Waals surface area contributed by atoms with Crippen molar-refractivity contribution >= 4 is 27.7 Å². The Kier molecular flexibility index (Phi) is 4.68. The molecule has 2 rings (SSSR count). The van der Waals surface area contributed by atoms with Crippen molar-refractivity contribution in [3.05, 3.63) is 26.3 Å². The molecule has 0 spiro atoms. The van der Waals surface area contributed by atoms with Crippen LogP contribution in [0.2, 0.25) is 0 Å². The van der Waals surface area contributed by atoms with Gasteiger partial charge in [0.2, 0.25) is 0 Å². The van der Waals surface area contributed by atoms with Crippen LogP contribution in [0.25, 0.3) is 0 Å². The van der Waals surface area contributed by atoms with E-state index in [1.54, 1.807) is 11.8 Å². The highest BCUT2D eigenvalue weighted by molar-refractivity contribution is 9.10. The van der Waals surface area contributed by atoms with Gasteiger partial charge < -0.3 is 4.98 Å². The Bertz CT molecular complexity index is 441. The maximum atomic E-state index is 11.8. The molecule has 1 aliphatic carbocycles. The van der Waals surface area contributed by atoms with E-state index in [1.165, 1.54) is 12.8 Å². The highest BCUT2D eigenvalue weighted by Crippen LogP contribution is 2.35. The first kappa shape index (κ1) is 13.1. The van der Waals surface area contributed by atoms with E-state index in [0.717, 1.165) is 35.9 Å². The SMILES string of the molecule is CCSCc1nc(C2CCCC2)c(Br)c(=O)[nH]1. The fourth-order valence-electron chi connectivity index (χ4n) is 2.26. The summed E-state index contributed by atoms with van der Waals surface area (Å²) in [6.07, 6.45) is 4.83. The monoisotopic (exact) mass is 316 g/mol. The molecule has 17 heavy (non-hydrogen) atoms. The summed E-state index contributed by atoms with van der Waals surface area (Å²) in [5.74, 6) is 3.11. The molecule has 1 aromatic heterocycles. The van der Waals surface area contributed by atoms with E-state index in [9.17, 15) is 4.79 Å². The quantitative estimate of drug-likeness (QED) is 0.925. The zero-order chi connectivity index (χ0) is 12.3. The van der Waals surface area contributed by atoms with Crippen LogP contribution in [0.1, 0.15) is 50.0 Å². The fraction of sp³-hybridized carbons (Fsp3) is 0.667. The molecule has 94 valence electrons. The number of hydrogen-bond donors (Lipinski definition) is 1. The number of halogens is 1. The van der Waals surface area contributed by atoms with Gasteiger partial charge in [0.05, 0.1) is 11.4 Å². The zero-order valence-electron chi connectivity index (χ0n) is 9.96. The molecule has 0 unspecified atom stereocenters. The van der Waals surface area contributed by atoms with Crippen LogP contribution in [0.5, 0.6) is 0 Å². The Morgan fingerprint density at radius 2 is 2.18 bits per heavy atom. The lowest BCUT2D eigenvalue weighted by Gasteiger charge is -2.11. The number of thioether (sulfide) groups is 1. The van der Waals surface area contributed by atoms with Gasteiger partial charge in [-0.1, -0.05) is 19.8 Å². The molecule has 0 radical (unpaired) electrons. The van der Waals surface area contributed by atoms with Crippen molar-refractivity contribution in [2.24, 2.45) is 0 Å². The van der Waals surface area contributed by atoms with Crippen molar-refractivity contribution < 1.29 is 0 Å². The number of hydrogen-bond acceptors (Lipinski definition) is 3. The van der Waals surface area contributed by atoms with Crippen molar-refractivity contribution in [3.8, 4) is 0 Å². The van der Waals surface area contributed by atoms with Gasteiger partial charge in [-0.25, -0.2) is 4.98 Å². The predicted octanol–water partition coefficient (Wildman–Crippen LogP) is 3.44. The number of nitrogens with zero attached hydrogens (tertiary/aromatic N) is 1. The molecule has 1 aliphatic rings. The van der Waals surface area contributed by atoms with Crippen LogP contribution in [0.15, 0.2) is 9.27 Å². The van der Waals surface area contributed by atoms with Crippen molar-refractivity contribution in [1.29, 1.82) is 0 Å². The van der Waals surface area contributed by atoms with E-state index in [0.29, 0.717) is 10.4 Å². The first-order chi connectivity index (χ1) is 8.22. The summed E-state index contributed by atoms with van der Waals surface area (Å²) in [6, 6.07) is 0. The molecule has 1 heterocycles. The van der Waals surface area contributed by atoms with E-state index < -0.39 is 0 Å². The average molecular weight is 317 g/mol. The third-order valence-corrected chi connectivity index (χ3v) is 4.77. The summed E-state index contributed by atoms with van der Waals surface area (Å²) < 4.78 is 0.634. The molecule has 0 saturated heterocycles. The van der Waals surface area contributed by atoms with E-state index in [-0.39, 0.29) is 5.56 Å². The minimum absolute atomic E-state index is 0.0337. The van der Waals surface area contributed by atoms with E-state index in [2.05, 4.69) is 32.8 Å². The number of aromatic amines is 1. The number of nitrogens with one attached hydrogen (secondary N) is 1. The highest BCUT2D eigenvalue weighted by atomic mass is 79.9. The standard InChI is InChI=1S/C12H17BrN2OS/c1-2-17-7-9-14-11(8-5-3-4-6-8)10(13)12(16)15-9/h8H,2-7H2,1H3,(H,14,15,16). The Labute approximate surface area is 114 Å². The summed E-state index contributed by atoms with van der Waals surface area (Å²) in [5, 5.41) is 0. The van der Waals surface area contributed by atoms with Crippen LogP contribution in [0, 0.1) is 0 Å². The first-order valence-electron chi connectivity index (χ1n) is 6.08. The molecule has 3 nitrogen and oxygen atoms in total. The normalized spacial score (nSPS) is 16.6. The summed E-state index contributed by atoms with van der Waals surface area (Å²) in [5.41, 5.74) is 0.937. The predicted molar refractivity (Wildman–Crippen MR) is 75.6 cm³/mol. The van der Waals surface area contributed by atoms with Crippen molar-refractivity contribution in [3.63, 3.8) is 0 Å². The van der Waals surface area contributed by atoms with Gasteiger partial charge in [0.15, 0.2) is 0 Å². The molecular formula is C12H17BrN2OS. The molecule has 1 aromatic rings. The largest absolute Gasteiger partial charge is 0.309 e. The Balaban J connectivity index is 2.29. The maximum absolute atomic E-state index is 11.8. The minimum atomic E-state index is -0.0337. The molecule has 1 N–H and O–H groups in total. The molecule has 1 fully saturated rings. The second kappa shape index (κ2) is 6.05. The third-order valence-electron chi connectivity index (χ3n) is 3.12.